The van der Waals surface area contributed by atoms with E-state index in [4.69, 9.17) is 18.9 Å². The Kier molecular flexibility index (Phi) is 59.6. The Morgan fingerprint density at radius 3 is 1.01 bits per heavy atom. The second-order valence-corrected chi connectivity index (χ2v) is 24.5. The van der Waals surface area contributed by atoms with Gasteiger partial charge in [0.2, 0.25) is 0 Å². The van der Waals surface area contributed by atoms with Crippen LogP contribution in [0.15, 0.2) is 36.5 Å². The van der Waals surface area contributed by atoms with Crippen LogP contribution in [0.25, 0.3) is 0 Å². The van der Waals surface area contributed by atoms with Gasteiger partial charge in [-0.25, -0.2) is 4.79 Å². The Morgan fingerprint density at radius 1 is 0.380 bits per heavy atom. The summed E-state index contributed by atoms with van der Waals surface area (Å²) in [5, 5.41) is 9.74. The van der Waals surface area contributed by atoms with Gasteiger partial charge in [0.15, 0.2) is 6.10 Å². The van der Waals surface area contributed by atoms with E-state index < -0.39 is 18.4 Å². The number of allylic oxidation sites excluding steroid dienone is 6. The molecule has 0 spiro atoms. The number of nitrogens with zero attached hydrogens (tertiary/aromatic N) is 1. The van der Waals surface area contributed by atoms with Crippen LogP contribution in [0.1, 0.15) is 335 Å². The van der Waals surface area contributed by atoms with Crippen LogP contribution >= 0.6 is 0 Å². The maximum atomic E-state index is 12.9. The van der Waals surface area contributed by atoms with Crippen molar-refractivity contribution in [1.29, 1.82) is 0 Å². The van der Waals surface area contributed by atoms with Crippen molar-refractivity contribution in [3.05, 3.63) is 36.5 Å². The van der Waals surface area contributed by atoms with Crippen LogP contribution in [-0.2, 0) is 33.3 Å². The molecule has 79 heavy (non-hydrogen) atoms. The number of quaternary nitrogens is 1. The lowest BCUT2D eigenvalue weighted by molar-refractivity contribution is -0.870. The zero-order chi connectivity index (χ0) is 57.6. The Hall–Kier alpha value is -2.49. The fraction of sp³-hybridized carbons (Fsp3) is 0.871. The maximum absolute atomic E-state index is 12.9. The molecule has 0 amide bonds. The van der Waals surface area contributed by atoms with Gasteiger partial charge in [0, 0.05) is 12.8 Å². The van der Waals surface area contributed by atoms with Crippen LogP contribution in [0.2, 0.25) is 0 Å². The van der Waals surface area contributed by atoms with E-state index in [1.165, 1.54) is 263 Å². The largest absolute Gasteiger partial charge is 0.477 e. The maximum Gasteiger partial charge on any atom is 0.361 e. The number of carbonyl (C=O) groups excluding carboxylic acids is 2. The van der Waals surface area contributed by atoms with Gasteiger partial charge >= 0.3 is 17.9 Å². The predicted octanol–water partition coefficient (Wildman–Crippen LogP) is 20.8. The van der Waals surface area contributed by atoms with Gasteiger partial charge in [-0.3, -0.25) is 9.59 Å². The third-order valence-electron chi connectivity index (χ3n) is 15.4. The molecule has 0 bridgehead atoms. The Morgan fingerprint density at radius 2 is 0.684 bits per heavy atom. The van der Waals surface area contributed by atoms with E-state index in [-0.39, 0.29) is 38.2 Å². The summed E-state index contributed by atoms with van der Waals surface area (Å²) in [7, 11) is 5.99. The fourth-order valence-electron chi connectivity index (χ4n) is 10.1. The second-order valence-electron chi connectivity index (χ2n) is 24.5. The smallest absolute Gasteiger partial charge is 0.361 e. The van der Waals surface area contributed by atoms with E-state index in [1.54, 1.807) is 0 Å². The molecule has 0 aromatic heterocycles. The molecule has 0 aliphatic heterocycles. The van der Waals surface area contributed by atoms with E-state index in [1.807, 2.05) is 21.1 Å². The SMILES string of the molecule is CCCCCCC/C=C\C/C=C\CCCCCCCCCCCCCCCCCCCCCC(=O)OC(COC(=O)CCCCCCCCCCCCC/C=C\CCCCCCCCCC)COC(OCC[N+](C)(C)C)C(=O)O. The number of hydrogen-bond donors (Lipinski definition) is 1. The van der Waals surface area contributed by atoms with Gasteiger partial charge < -0.3 is 28.5 Å². The third-order valence-corrected chi connectivity index (χ3v) is 15.4. The number of hydrogen-bond acceptors (Lipinski definition) is 7. The molecule has 2 unspecified atom stereocenters. The van der Waals surface area contributed by atoms with Crippen LogP contribution in [0.4, 0.5) is 0 Å². The minimum absolute atomic E-state index is 0.178. The number of aliphatic carboxylic acids is 1. The number of unbranched alkanes of at least 4 members (excludes halogenated alkanes) is 43. The lowest BCUT2D eigenvalue weighted by atomic mass is 10.0. The van der Waals surface area contributed by atoms with E-state index in [2.05, 4.69) is 50.3 Å². The van der Waals surface area contributed by atoms with Gasteiger partial charge in [-0.15, -0.1) is 0 Å². The number of carbonyl (C=O) groups is 3. The first-order valence-electron chi connectivity index (χ1n) is 34.2. The average Bonchev–Trinajstić information content (AvgIpc) is 3.42. The summed E-state index contributed by atoms with van der Waals surface area (Å²) in [5.74, 6) is -1.98. The lowest BCUT2D eigenvalue weighted by Crippen LogP contribution is -2.40. The van der Waals surface area contributed by atoms with Gasteiger partial charge in [-0.2, -0.15) is 0 Å². The molecular formula is C70H132NO8+. The first kappa shape index (κ1) is 76.5. The number of likely N-dealkylation sites (N-methyl/N-ethyl adjacent to an activating group) is 1. The van der Waals surface area contributed by atoms with Crippen molar-refractivity contribution in [2.24, 2.45) is 0 Å². The number of esters is 2. The summed E-state index contributed by atoms with van der Waals surface area (Å²) < 4.78 is 23.0. The van der Waals surface area contributed by atoms with Crippen LogP contribution in [0, 0.1) is 0 Å². The molecule has 0 aliphatic rings. The zero-order valence-electron chi connectivity index (χ0n) is 53.1. The van der Waals surface area contributed by atoms with E-state index in [9.17, 15) is 19.5 Å². The molecule has 0 saturated heterocycles. The third kappa shape index (κ3) is 63.0. The molecule has 9 heteroatoms. The summed E-state index contributed by atoms with van der Waals surface area (Å²) >= 11 is 0. The van der Waals surface area contributed by atoms with Crippen molar-refractivity contribution in [2.75, 3.05) is 47.5 Å². The highest BCUT2D eigenvalue weighted by atomic mass is 16.7. The minimum atomic E-state index is -1.51. The number of carboxylic acid groups (broad SMARTS) is 1. The van der Waals surface area contributed by atoms with Crippen LogP contribution in [0.5, 0.6) is 0 Å². The molecule has 2 atom stereocenters. The Labute approximate surface area is 490 Å². The first-order valence-corrected chi connectivity index (χ1v) is 34.2. The van der Waals surface area contributed by atoms with E-state index in [0.29, 0.717) is 17.4 Å². The van der Waals surface area contributed by atoms with Gasteiger partial charge in [-0.05, 0) is 70.6 Å². The van der Waals surface area contributed by atoms with Crippen molar-refractivity contribution >= 4 is 17.9 Å². The molecule has 0 rings (SSSR count). The van der Waals surface area contributed by atoms with Crippen LogP contribution in [-0.4, -0.2) is 87.4 Å². The summed E-state index contributed by atoms with van der Waals surface area (Å²) in [6.45, 7) is 4.92. The van der Waals surface area contributed by atoms with Crippen molar-refractivity contribution < 1.29 is 42.9 Å². The molecule has 0 aromatic carbocycles. The zero-order valence-corrected chi connectivity index (χ0v) is 53.1. The first-order chi connectivity index (χ1) is 38.6. The molecule has 0 radical (unpaired) electrons. The number of carboxylic acids is 1. The van der Waals surface area contributed by atoms with Crippen molar-refractivity contribution in [1.82, 2.24) is 0 Å². The molecule has 0 aliphatic carbocycles. The molecule has 0 fully saturated rings. The Balaban J connectivity index is 4.09. The molecular weight excluding hydrogens is 983 g/mol. The lowest BCUT2D eigenvalue weighted by Gasteiger charge is -2.25. The van der Waals surface area contributed by atoms with Crippen LogP contribution < -0.4 is 0 Å². The standard InChI is InChI=1S/C70H131NO8/c1-6-8-10-12-14-16-18-20-22-24-26-28-30-31-32-33-34-35-36-37-39-41-43-45-47-49-51-53-55-57-59-61-68(73)79-66(65-78-70(69(74)75)76-63-62-71(3,4)5)64-77-67(72)60-58-56-54-52-50-48-46-44-42-40-38-29-27-25-23-21-19-17-15-13-11-9-7-2/h18,20,24-27,66,70H,6-17,19,21-23,28-65H2,1-5H3/p+1/b20-18-,26-24-,27-25-. The monoisotopic (exact) mass is 1110 g/mol. The summed E-state index contributed by atoms with van der Waals surface area (Å²) in [4.78, 5) is 37.6. The van der Waals surface area contributed by atoms with E-state index >= 15 is 0 Å². The van der Waals surface area contributed by atoms with Crippen molar-refractivity contribution in [3.63, 3.8) is 0 Å². The predicted molar refractivity (Wildman–Crippen MR) is 337 cm³/mol. The van der Waals surface area contributed by atoms with Gasteiger partial charge in [-0.1, -0.05) is 288 Å². The normalized spacial score (nSPS) is 12.9. The second kappa shape index (κ2) is 61.6. The highest BCUT2D eigenvalue weighted by molar-refractivity contribution is 5.71. The minimum Gasteiger partial charge on any atom is -0.477 e. The van der Waals surface area contributed by atoms with Gasteiger partial charge in [0.25, 0.3) is 6.29 Å². The van der Waals surface area contributed by atoms with Gasteiger partial charge in [0.1, 0.15) is 13.2 Å². The number of rotatable bonds is 64. The summed E-state index contributed by atoms with van der Waals surface area (Å²) in [5.41, 5.74) is 0. The van der Waals surface area contributed by atoms with E-state index in [0.717, 1.165) is 44.9 Å². The topological polar surface area (TPSA) is 108 Å². The number of ether oxygens (including phenoxy) is 4. The molecule has 0 saturated carbocycles. The molecule has 1 N–H and O–H groups in total. The Bertz CT molecular complexity index is 1390. The summed E-state index contributed by atoms with van der Waals surface area (Å²) in [6.07, 6.45) is 73.9. The molecule has 0 heterocycles. The average molecular weight is 1120 g/mol. The highest BCUT2D eigenvalue weighted by Gasteiger charge is 2.25. The van der Waals surface area contributed by atoms with Crippen molar-refractivity contribution in [3.8, 4) is 0 Å². The molecule has 464 valence electrons. The quantitative estimate of drug-likeness (QED) is 0.0211. The van der Waals surface area contributed by atoms with Crippen LogP contribution in [0.3, 0.4) is 0 Å². The van der Waals surface area contributed by atoms with Crippen molar-refractivity contribution in [2.45, 2.75) is 347 Å². The fourth-order valence-corrected chi connectivity index (χ4v) is 10.1. The molecule has 9 nitrogen and oxygen atoms in total. The van der Waals surface area contributed by atoms with Gasteiger partial charge in [0.05, 0.1) is 34.4 Å². The highest BCUT2D eigenvalue weighted by Crippen LogP contribution is 2.18. The summed E-state index contributed by atoms with van der Waals surface area (Å²) in [6, 6.07) is 0. The molecule has 0 aromatic rings.